The summed E-state index contributed by atoms with van der Waals surface area (Å²) in [5.41, 5.74) is 12.0. The second-order valence-electron chi connectivity index (χ2n) is 7.27. The van der Waals surface area contributed by atoms with E-state index in [1.165, 1.54) is 0 Å². The third-order valence-corrected chi connectivity index (χ3v) is 5.61. The van der Waals surface area contributed by atoms with Crippen LogP contribution in [-0.4, -0.2) is 10.2 Å². The van der Waals surface area contributed by atoms with E-state index in [9.17, 15) is 5.26 Å². The van der Waals surface area contributed by atoms with E-state index in [2.05, 4.69) is 54.4 Å². The fraction of sp³-hybridized carbons (Fsp3) is 0.182. The van der Waals surface area contributed by atoms with Crippen molar-refractivity contribution >= 4 is 0 Å². The van der Waals surface area contributed by atoms with Crippen molar-refractivity contribution in [3.63, 3.8) is 0 Å². The zero-order valence-corrected chi connectivity index (χ0v) is 15.1. The summed E-state index contributed by atoms with van der Waals surface area (Å²) in [5, 5.41) is 17.7. The lowest BCUT2D eigenvalue weighted by atomic mass is 9.66. The Morgan fingerprint density at radius 2 is 1.67 bits per heavy atom. The number of hydrogen-bond donors (Lipinski definition) is 2. The number of nitrogens with two attached hydrogens (primary N) is 1. The topological polar surface area (TPSA) is 87.7 Å². The van der Waals surface area contributed by atoms with Crippen LogP contribution in [0.15, 0.2) is 60.0 Å². The molecule has 5 rings (SSSR count). The van der Waals surface area contributed by atoms with Crippen molar-refractivity contribution in [1.29, 1.82) is 5.26 Å². The van der Waals surface area contributed by atoms with E-state index in [1.807, 2.05) is 24.3 Å². The lowest BCUT2D eigenvalue weighted by Crippen LogP contribution is -2.36. The van der Waals surface area contributed by atoms with Crippen LogP contribution >= 0.6 is 0 Å². The Morgan fingerprint density at radius 1 is 1.07 bits per heavy atom. The zero-order valence-electron chi connectivity index (χ0n) is 15.1. The van der Waals surface area contributed by atoms with E-state index in [4.69, 9.17) is 10.5 Å². The predicted octanol–water partition coefficient (Wildman–Crippen LogP) is 3.93. The van der Waals surface area contributed by atoms with Gasteiger partial charge in [-0.3, -0.25) is 5.10 Å². The number of aromatic nitrogens is 2. The van der Waals surface area contributed by atoms with Crippen molar-refractivity contribution in [2.45, 2.75) is 25.2 Å². The van der Waals surface area contributed by atoms with Gasteiger partial charge in [0.05, 0.1) is 11.0 Å². The Hall–Kier alpha value is -3.52. The van der Waals surface area contributed by atoms with Gasteiger partial charge in [-0.2, -0.15) is 5.26 Å². The molecule has 1 aliphatic heterocycles. The van der Waals surface area contributed by atoms with E-state index in [0.717, 1.165) is 33.5 Å². The molecular formula is C22H18N4O. The van der Waals surface area contributed by atoms with Gasteiger partial charge in [0.1, 0.15) is 11.6 Å². The zero-order chi connectivity index (χ0) is 18.8. The third kappa shape index (κ3) is 1.75. The lowest BCUT2D eigenvalue weighted by molar-refractivity contribution is 0.367. The number of rotatable bonds is 1. The van der Waals surface area contributed by atoms with Gasteiger partial charge < -0.3 is 10.5 Å². The molecule has 2 aliphatic rings. The second-order valence-corrected chi connectivity index (χ2v) is 7.27. The van der Waals surface area contributed by atoms with Gasteiger partial charge in [-0.25, -0.2) is 0 Å². The van der Waals surface area contributed by atoms with Crippen molar-refractivity contribution < 1.29 is 4.74 Å². The molecule has 3 aromatic rings. The Morgan fingerprint density at radius 3 is 2.22 bits per heavy atom. The Balaban J connectivity index is 2.03. The van der Waals surface area contributed by atoms with E-state index >= 15 is 0 Å². The van der Waals surface area contributed by atoms with Crippen molar-refractivity contribution in [2.24, 2.45) is 5.73 Å². The standard InChI is InChI=1S/C22H18N4O/c1-12(2)19-18-21(26-25-19)27-20(24)17(11-23)22(18)15-9-5-3-7-13(15)14-8-4-6-10-16(14)22/h3-10,12H,24H2,1-2H3,(H,25,26). The fourth-order valence-electron chi connectivity index (χ4n) is 4.57. The van der Waals surface area contributed by atoms with Gasteiger partial charge in [-0.1, -0.05) is 62.4 Å². The molecule has 132 valence electrons. The maximum Gasteiger partial charge on any atom is 0.244 e. The smallest absolute Gasteiger partial charge is 0.244 e. The summed E-state index contributed by atoms with van der Waals surface area (Å²) in [7, 11) is 0. The third-order valence-electron chi connectivity index (χ3n) is 5.61. The highest BCUT2D eigenvalue weighted by atomic mass is 16.5. The molecule has 0 saturated heterocycles. The molecule has 0 radical (unpaired) electrons. The molecule has 0 fully saturated rings. The molecular weight excluding hydrogens is 336 g/mol. The lowest BCUT2D eigenvalue weighted by Gasteiger charge is -2.36. The largest absolute Gasteiger partial charge is 0.420 e. The van der Waals surface area contributed by atoms with Gasteiger partial charge in [0, 0.05) is 5.69 Å². The van der Waals surface area contributed by atoms with E-state index in [-0.39, 0.29) is 11.8 Å². The monoisotopic (exact) mass is 354 g/mol. The predicted molar refractivity (Wildman–Crippen MR) is 102 cm³/mol. The molecule has 27 heavy (non-hydrogen) atoms. The van der Waals surface area contributed by atoms with Crippen molar-refractivity contribution in [1.82, 2.24) is 10.2 Å². The average molecular weight is 354 g/mol. The minimum absolute atomic E-state index is 0.110. The first kappa shape index (κ1) is 15.7. The minimum atomic E-state index is -0.813. The van der Waals surface area contributed by atoms with E-state index in [0.29, 0.717) is 11.5 Å². The van der Waals surface area contributed by atoms with Crippen molar-refractivity contribution in [3.8, 4) is 23.1 Å². The quantitative estimate of drug-likeness (QED) is 0.693. The van der Waals surface area contributed by atoms with Crippen molar-refractivity contribution in [2.75, 3.05) is 0 Å². The van der Waals surface area contributed by atoms with Crippen LogP contribution < -0.4 is 10.5 Å². The number of nitrogens with zero attached hydrogens (tertiary/aromatic N) is 2. The number of aromatic amines is 1. The van der Waals surface area contributed by atoms with Crippen LogP contribution in [0.1, 0.15) is 42.1 Å². The average Bonchev–Trinajstić information content (AvgIpc) is 3.22. The van der Waals surface area contributed by atoms with Crippen LogP contribution in [0.5, 0.6) is 5.88 Å². The number of fused-ring (bicyclic) bond motifs is 7. The van der Waals surface area contributed by atoms with Crippen LogP contribution in [0, 0.1) is 11.3 Å². The minimum Gasteiger partial charge on any atom is -0.420 e. The molecule has 0 atom stereocenters. The normalized spacial score (nSPS) is 15.9. The van der Waals surface area contributed by atoms with Crippen molar-refractivity contribution in [3.05, 3.63) is 82.4 Å². The summed E-state index contributed by atoms with van der Waals surface area (Å²) in [4.78, 5) is 0. The molecule has 0 amide bonds. The highest BCUT2D eigenvalue weighted by Gasteiger charge is 2.55. The number of nitriles is 1. The summed E-state index contributed by atoms with van der Waals surface area (Å²) < 4.78 is 5.78. The molecule has 0 bridgehead atoms. The molecule has 1 aliphatic carbocycles. The SMILES string of the molecule is CC(C)c1[nH]nc2c1C1(C(C#N)=C(N)O2)c2ccccc2-c2ccccc21. The highest BCUT2D eigenvalue weighted by molar-refractivity contribution is 5.88. The van der Waals surface area contributed by atoms with Crippen LogP contribution in [0.25, 0.3) is 11.1 Å². The summed E-state index contributed by atoms with van der Waals surface area (Å²) in [6, 6.07) is 18.7. The first-order valence-corrected chi connectivity index (χ1v) is 8.97. The maximum absolute atomic E-state index is 10.1. The molecule has 2 heterocycles. The van der Waals surface area contributed by atoms with Gasteiger partial charge in [0.2, 0.25) is 11.8 Å². The molecule has 5 heteroatoms. The molecule has 3 N–H and O–H groups in total. The Bertz CT molecular complexity index is 1120. The number of nitrogens with one attached hydrogen (secondary N) is 1. The number of H-pyrrole nitrogens is 1. The number of ether oxygens (including phenoxy) is 1. The molecule has 5 nitrogen and oxygen atoms in total. The maximum atomic E-state index is 10.1. The summed E-state index contributed by atoms with van der Waals surface area (Å²) >= 11 is 0. The van der Waals surface area contributed by atoms with Crippen LogP contribution in [0.2, 0.25) is 0 Å². The molecule has 1 aromatic heterocycles. The molecule has 0 saturated carbocycles. The molecule has 0 unspecified atom stereocenters. The number of benzene rings is 2. The second kappa shape index (κ2) is 5.24. The highest BCUT2D eigenvalue weighted by Crippen LogP contribution is 2.60. The number of hydrogen-bond acceptors (Lipinski definition) is 4. The fourth-order valence-corrected chi connectivity index (χ4v) is 4.57. The van der Waals surface area contributed by atoms with Gasteiger partial charge in [0.25, 0.3) is 0 Å². The summed E-state index contributed by atoms with van der Waals surface area (Å²) in [6.07, 6.45) is 0. The van der Waals surface area contributed by atoms with Gasteiger partial charge in [0.15, 0.2) is 0 Å². The van der Waals surface area contributed by atoms with Gasteiger partial charge in [-0.05, 0) is 28.2 Å². The summed E-state index contributed by atoms with van der Waals surface area (Å²) in [5.74, 6) is 0.737. The van der Waals surface area contributed by atoms with Crippen LogP contribution in [0.4, 0.5) is 0 Å². The van der Waals surface area contributed by atoms with Gasteiger partial charge in [-0.15, -0.1) is 5.10 Å². The van der Waals surface area contributed by atoms with Crippen LogP contribution in [-0.2, 0) is 5.41 Å². The Kier molecular flexibility index (Phi) is 3.05. The van der Waals surface area contributed by atoms with Crippen LogP contribution in [0.3, 0.4) is 0 Å². The van der Waals surface area contributed by atoms with E-state index < -0.39 is 5.41 Å². The van der Waals surface area contributed by atoms with E-state index in [1.54, 1.807) is 0 Å². The van der Waals surface area contributed by atoms with Gasteiger partial charge >= 0.3 is 0 Å². The molecule has 2 aromatic carbocycles. The first-order valence-electron chi connectivity index (χ1n) is 8.97. The summed E-state index contributed by atoms with van der Waals surface area (Å²) in [6.45, 7) is 4.20. The number of allylic oxidation sites excluding steroid dienone is 1. The first-order chi connectivity index (χ1) is 13.1. The Labute approximate surface area is 157 Å². The molecule has 1 spiro atoms.